The van der Waals surface area contributed by atoms with Crippen molar-refractivity contribution in [2.45, 2.75) is 20.0 Å². The molecular weight excluding hydrogens is 478 g/mol. The lowest BCUT2D eigenvalue weighted by Gasteiger charge is -2.33. The molecule has 10 heteroatoms. The molecule has 3 heterocycles. The van der Waals surface area contributed by atoms with E-state index in [9.17, 15) is 4.79 Å². The molecule has 0 radical (unpaired) electrons. The van der Waals surface area contributed by atoms with Crippen LogP contribution in [0.2, 0.25) is 5.02 Å². The van der Waals surface area contributed by atoms with Gasteiger partial charge in [-0.15, -0.1) is 0 Å². The van der Waals surface area contributed by atoms with Gasteiger partial charge in [-0.1, -0.05) is 59.6 Å². The summed E-state index contributed by atoms with van der Waals surface area (Å²) in [6.07, 6.45) is 1.49. The second-order valence-electron chi connectivity index (χ2n) is 8.80. The van der Waals surface area contributed by atoms with Crippen molar-refractivity contribution in [2.24, 2.45) is 0 Å². The van der Waals surface area contributed by atoms with Crippen molar-refractivity contribution < 1.29 is 9.53 Å². The zero-order chi connectivity index (χ0) is 25.1. The number of piperazine rings is 1. The maximum atomic E-state index is 11.9. The third-order valence-electron chi connectivity index (χ3n) is 6.29. The van der Waals surface area contributed by atoms with Gasteiger partial charge in [0.15, 0.2) is 17.0 Å². The number of hydrogen-bond donors (Lipinski definition) is 1. The van der Waals surface area contributed by atoms with E-state index in [0.717, 1.165) is 11.2 Å². The van der Waals surface area contributed by atoms with Crippen molar-refractivity contribution in [3.8, 4) is 0 Å². The first-order valence-electron chi connectivity index (χ1n) is 11.9. The number of ether oxygens (including phenoxy) is 1. The van der Waals surface area contributed by atoms with Crippen molar-refractivity contribution in [2.75, 3.05) is 43.5 Å². The molecule has 1 aliphatic rings. The van der Waals surface area contributed by atoms with Gasteiger partial charge in [0.2, 0.25) is 5.95 Å². The second-order valence-corrected chi connectivity index (χ2v) is 9.20. The normalized spacial score (nSPS) is 13.8. The molecular formula is C26H28ClN7O2. The molecule has 186 valence electrons. The summed E-state index contributed by atoms with van der Waals surface area (Å²) >= 11 is 6.38. The molecule has 1 aliphatic heterocycles. The molecule has 2 aromatic heterocycles. The number of carbonyl (C=O) groups is 1. The molecule has 0 unspecified atom stereocenters. The van der Waals surface area contributed by atoms with Crippen molar-refractivity contribution in [3.05, 3.63) is 76.6 Å². The van der Waals surface area contributed by atoms with E-state index in [4.69, 9.17) is 26.3 Å². The highest BCUT2D eigenvalue weighted by Crippen LogP contribution is 2.26. The van der Waals surface area contributed by atoms with Crippen LogP contribution in [0, 0.1) is 6.92 Å². The summed E-state index contributed by atoms with van der Waals surface area (Å²) in [5.74, 6) is 1.24. The van der Waals surface area contributed by atoms with Gasteiger partial charge in [-0.2, -0.15) is 9.97 Å². The van der Waals surface area contributed by atoms with E-state index in [2.05, 4.69) is 46.4 Å². The summed E-state index contributed by atoms with van der Waals surface area (Å²) in [6, 6.07) is 16.1. The lowest BCUT2D eigenvalue weighted by molar-refractivity contribution is 0.121. The number of nitrogens with zero attached hydrogens (tertiary/aromatic N) is 6. The summed E-state index contributed by atoms with van der Waals surface area (Å²) < 4.78 is 6.91. The second kappa shape index (κ2) is 10.4. The van der Waals surface area contributed by atoms with Gasteiger partial charge in [0.1, 0.15) is 0 Å². The number of anilines is 2. The Labute approximate surface area is 214 Å². The third kappa shape index (κ3) is 5.06. The first kappa shape index (κ1) is 23.9. The van der Waals surface area contributed by atoms with Crippen LogP contribution in [-0.2, 0) is 17.8 Å². The van der Waals surface area contributed by atoms with Gasteiger partial charge in [0, 0.05) is 37.7 Å². The predicted molar refractivity (Wildman–Crippen MR) is 141 cm³/mol. The molecule has 1 saturated heterocycles. The van der Waals surface area contributed by atoms with Crippen molar-refractivity contribution in [3.63, 3.8) is 0 Å². The Hall–Kier alpha value is -3.85. The van der Waals surface area contributed by atoms with Crippen LogP contribution in [0.4, 0.5) is 16.6 Å². The molecule has 1 amide bonds. The number of hydrogen-bond acceptors (Lipinski definition) is 7. The fourth-order valence-electron chi connectivity index (χ4n) is 4.36. The number of aryl methyl sites for hydroxylation is 1. The van der Waals surface area contributed by atoms with E-state index < -0.39 is 0 Å². The molecule has 0 atom stereocenters. The van der Waals surface area contributed by atoms with Crippen LogP contribution in [0.5, 0.6) is 0 Å². The molecule has 4 aromatic rings. The number of carbonyl (C=O) groups excluding carboxylic acids is 1. The molecule has 0 aliphatic carbocycles. The molecule has 2 aromatic carbocycles. The van der Waals surface area contributed by atoms with E-state index in [0.29, 0.717) is 61.6 Å². The predicted octanol–water partition coefficient (Wildman–Crippen LogP) is 4.34. The number of nitrogens with one attached hydrogen (secondary N) is 1. The molecule has 0 saturated carbocycles. The Kier molecular flexibility index (Phi) is 6.90. The minimum Gasteiger partial charge on any atom is -0.453 e. The van der Waals surface area contributed by atoms with Crippen LogP contribution < -0.4 is 10.2 Å². The van der Waals surface area contributed by atoms with Crippen molar-refractivity contribution in [1.82, 2.24) is 24.4 Å². The van der Waals surface area contributed by atoms with E-state index in [1.54, 1.807) is 11.2 Å². The molecule has 0 spiro atoms. The highest BCUT2D eigenvalue weighted by Gasteiger charge is 2.25. The van der Waals surface area contributed by atoms with Gasteiger partial charge in [-0.3, -0.25) is 0 Å². The van der Waals surface area contributed by atoms with E-state index >= 15 is 0 Å². The minimum absolute atomic E-state index is 0.315. The number of halogens is 1. The van der Waals surface area contributed by atoms with Crippen molar-refractivity contribution in [1.29, 1.82) is 0 Å². The number of amides is 1. The van der Waals surface area contributed by atoms with Crippen molar-refractivity contribution >= 4 is 40.6 Å². The SMILES string of the molecule is COC(=O)N1CCN(c2nc(NCc3ccccc3Cl)c3ncn(Cc4cccc(C)c4)c3n2)CC1. The van der Waals surface area contributed by atoms with Crippen LogP contribution >= 0.6 is 11.6 Å². The smallest absolute Gasteiger partial charge is 0.409 e. The molecule has 5 rings (SSSR count). The fourth-order valence-corrected chi connectivity index (χ4v) is 4.56. The maximum absolute atomic E-state index is 11.9. The summed E-state index contributed by atoms with van der Waals surface area (Å²) in [5.41, 5.74) is 4.80. The average Bonchev–Trinajstić information content (AvgIpc) is 3.30. The van der Waals surface area contributed by atoms with Gasteiger partial charge in [0.05, 0.1) is 20.0 Å². The van der Waals surface area contributed by atoms with Gasteiger partial charge >= 0.3 is 6.09 Å². The largest absolute Gasteiger partial charge is 0.453 e. The maximum Gasteiger partial charge on any atom is 0.409 e. The summed E-state index contributed by atoms with van der Waals surface area (Å²) in [4.78, 5) is 30.1. The quantitative estimate of drug-likeness (QED) is 0.417. The monoisotopic (exact) mass is 505 g/mol. The van der Waals surface area contributed by atoms with E-state index in [1.807, 2.05) is 28.8 Å². The van der Waals surface area contributed by atoms with Gasteiger partial charge in [-0.05, 0) is 24.1 Å². The zero-order valence-corrected chi connectivity index (χ0v) is 21.1. The summed E-state index contributed by atoms with van der Waals surface area (Å²) in [5, 5.41) is 4.12. The highest BCUT2D eigenvalue weighted by molar-refractivity contribution is 6.31. The fraction of sp³-hybridized carbons (Fsp3) is 0.308. The van der Waals surface area contributed by atoms with E-state index in [1.165, 1.54) is 18.2 Å². The average molecular weight is 506 g/mol. The summed E-state index contributed by atoms with van der Waals surface area (Å²) in [6.45, 7) is 5.53. The lowest BCUT2D eigenvalue weighted by atomic mass is 10.1. The Morgan fingerprint density at radius 1 is 1.08 bits per heavy atom. The summed E-state index contributed by atoms with van der Waals surface area (Å²) in [7, 11) is 1.40. The first-order chi connectivity index (χ1) is 17.5. The highest BCUT2D eigenvalue weighted by atomic mass is 35.5. The van der Waals surface area contributed by atoms with E-state index in [-0.39, 0.29) is 6.09 Å². The number of aromatic nitrogens is 4. The molecule has 9 nitrogen and oxygen atoms in total. The topological polar surface area (TPSA) is 88.4 Å². The zero-order valence-electron chi connectivity index (χ0n) is 20.3. The molecule has 36 heavy (non-hydrogen) atoms. The van der Waals surface area contributed by atoms with Crippen LogP contribution in [0.3, 0.4) is 0 Å². The van der Waals surface area contributed by atoms with Crippen LogP contribution in [-0.4, -0.2) is 63.8 Å². The number of imidazole rings is 1. The Morgan fingerprint density at radius 3 is 2.64 bits per heavy atom. The Bertz CT molecular complexity index is 1380. The van der Waals surface area contributed by atoms with Crippen LogP contribution in [0.1, 0.15) is 16.7 Å². The Morgan fingerprint density at radius 2 is 1.89 bits per heavy atom. The number of fused-ring (bicyclic) bond motifs is 1. The van der Waals surface area contributed by atoms with Gasteiger partial charge in [-0.25, -0.2) is 9.78 Å². The van der Waals surface area contributed by atoms with Gasteiger partial charge < -0.3 is 24.4 Å². The number of methoxy groups -OCH3 is 1. The van der Waals surface area contributed by atoms with Crippen LogP contribution in [0.25, 0.3) is 11.2 Å². The minimum atomic E-state index is -0.315. The van der Waals surface area contributed by atoms with Gasteiger partial charge in [0.25, 0.3) is 0 Å². The lowest BCUT2D eigenvalue weighted by Crippen LogP contribution is -2.49. The molecule has 1 N–H and O–H groups in total. The molecule has 0 bridgehead atoms. The first-order valence-corrected chi connectivity index (χ1v) is 12.2. The third-order valence-corrected chi connectivity index (χ3v) is 6.66. The number of benzene rings is 2. The van der Waals surface area contributed by atoms with Crippen LogP contribution in [0.15, 0.2) is 54.9 Å². The standard InChI is InChI=1S/C26H28ClN7O2/c1-18-6-5-7-19(14-18)16-34-17-29-22-23(28-15-20-8-3-4-9-21(20)27)30-25(31-24(22)34)32-10-12-33(13-11-32)26(35)36-2/h3-9,14,17H,10-13,15-16H2,1-2H3,(H,28,30,31). The molecule has 1 fully saturated rings. The Balaban J connectivity index is 1.47. The number of rotatable bonds is 6.